The fourth-order valence-corrected chi connectivity index (χ4v) is 4.43. The summed E-state index contributed by atoms with van der Waals surface area (Å²) in [6, 6.07) is 21.9. The molecule has 0 radical (unpaired) electrons. The number of nitrogens with zero attached hydrogens (tertiary/aromatic N) is 3. The van der Waals surface area contributed by atoms with Crippen LogP contribution in [0.25, 0.3) is 5.69 Å². The van der Waals surface area contributed by atoms with Crippen molar-refractivity contribution in [3.63, 3.8) is 0 Å². The average Bonchev–Trinajstić information content (AvgIpc) is 3.31. The molecule has 1 amide bonds. The van der Waals surface area contributed by atoms with Gasteiger partial charge in [-0.05, 0) is 86.6 Å². The van der Waals surface area contributed by atoms with E-state index in [1.807, 2.05) is 60.0 Å². The number of hydrogen-bond donors (Lipinski definition) is 1. The summed E-state index contributed by atoms with van der Waals surface area (Å²) in [6.45, 7) is 4.20. The van der Waals surface area contributed by atoms with E-state index in [0.29, 0.717) is 34.6 Å². The fraction of sp³-hybridized carbons (Fsp3) is 0.185. The SMILES string of the molecule is CCOc1ccc(-n2c(COc3ccc(Br)cc3)nnc2SCC(=O)Nc2ccc(C(C)=O)cc2)cc1. The molecule has 4 aromatic rings. The van der Waals surface area contributed by atoms with Gasteiger partial charge in [-0.2, -0.15) is 0 Å². The van der Waals surface area contributed by atoms with E-state index in [4.69, 9.17) is 9.47 Å². The van der Waals surface area contributed by atoms with E-state index >= 15 is 0 Å². The summed E-state index contributed by atoms with van der Waals surface area (Å²) in [6.07, 6.45) is 0. The van der Waals surface area contributed by atoms with Gasteiger partial charge in [0.15, 0.2) is 16.8 Å². The van der Waals surface area contributed by atoms with E-state index in [2.05, 4.69) is 31.4 Å². The van der Waals surface area contributed by atoms with Crippen LogP contribution in [0.4, 0.5) is 5.69 Å². The zero-order valence-corrected chi connectivity index (χ0v) is 22.7. The van der Waals surface area contributed by atoms with Gasteiger partial charge >= 0.3 is 0 Å². The second kappa shape index (κ2) is 12.6. The van der Waals surface area contributed by atoms with Crippen LogP contribution in [0.5, 0.6) is 11.5 Å². The Bertz CT molecular complexity index is 1360. The third kappa shape index (κ3) is 7.21. The normalized spacial score (nSPS) is 10.7. The summed E-state index contributed by atoms with van der Waals surface area (Å²) in [5.41, 5.74) is 2.03. The van der Waals surface area contributed by atoms with Crippen LogP contribution in [0.15, 0.2) is 82.4 Å². The largest absolute Gasteiger partial charge is 0.494 e. The fourth-order valence-electron chi connectivity index (χ4n) is 3.40. The lowest BCUT2D eigenvalue weighted by molar-refractivity contribution is -0.113. The minimum Gasteiger partial charge on any atom is -0.494 e. The predicted octanol–water partition coefficient (Wildman–Crippen LogP) is 5.94. The smallest absolute Gasteiger partial charge is 0.234 e. The monoisotopic (exact) mass is 580 g/mol. The van der Waals surface area contributed by atoms with E-state index in [-0.39, 0.29) is 24.1 Å². The Kier molecular flexibility index (Phi) is 8.97. The molecule has 0 unspecified atom stereocenters. The van der Waals surface area contributed by atoms with Crippen LogP contribution >= 0.6 is 27.7 Å². The molecule has 3 aromatic carbocycles. The molecule has 1 aromatic heterocycles. The van der Waals surface area contributed by atoms with Gasteiger partial charge in [-0.1, -0.05) is 27.7 Å². The first-order valence-corrected chi connectivity index (χ1v) is 13.3. The van der Waals surface area contributed by atoms with E-state index in [9.17, 15) is 9.59 Å². The lowest BCUT2D eigenvalue weighted by Gasteiger charge is -2.12. The van der Waals surface area contributed by atoms with Crippen molar-refractivity contribution in [2.24, 2.45) is 0 Å². The number of aromatic nitrogens is 3. The number of thioether (sulfide) groups is 1. The summed E-state index contributed by atoms with van der Waals surface area (Å²) in [5, 5.41) is 12.1. The number of rotatable bonds is 11. The van der Waals surface area contributed by atoms with Crippen molar-refractivity contribution >= 4 is 45.1 Å². The first kappa shape index (κ1) is 26.4. The number of amides is 1. The molecule has 0 saturated heterocycles. The van der Waals surface area contributed by atoms with E-state index in [1.54, 1.807) is 24.3 Å². The van der Waals surface area contributed by atoms with E-state index < -0.39 is 0 Å². The molecular weight excluding hydrogens is 556 g/mol. The first-order chi connectivity index (χ1) is 17.9. The third-order valence-corrected chi connectivity index (χ3v) is 6.65. The van der Waals surface area contributed by atoms with Gasteiger partial charge in [-0.3, -0.25) is 14.2 Å². The maximum atomic E-state index is 12.6. The van der Waals surface area contributed by atoms with Crippen LogP contribution in [-0.4, -0.2) is 38.8 Å². The summed E-state index contributed by atoms with van der Waals surface area (Å²) >= 11 is 4.69. The summed E-state index contributed by atoms with van der Waals surface area (Å²) < 4.78 is 14.3. The van der Waals surface area contributed by atoms with Crippen molar-refractivity contribution in [1.29, 1.82) is 0 Å². The highest BCUT2D eigenvalue weighted by Gasteiger charge is 2.17. The molecule has 8 nitrogen and oxygen atoms in total. The maximum absolute atomic E-state index is 12.6. The Hall–Kier alpha value is -3.63. The zero-order chi connectivity index (χ0) is 26.2. The highest BCUT2D eigenvalue weighted by molar-refractivity contribution is 9.10. The number of hydrogen-bond acceptors (Lipinski definition) is 7. The molecule has 1 N–H and O–H groups in total. The van der Waals surface area contributed by atoms with Crippen LogP contribution in [-0.2, 0) is 11.4 Å². The molecule has 0 bridgehead atoms. The zero-order valence-electron chi connectivity index (χ0n) is 20.3. The molecule has 0 aliphatic heterocycles. The van der Waals surface area contributed by atoms with Crippen LogP contribution in [0.1, 0.15) is 30.0 Å². The number of carbonyl (C=O) groups excluding carboxylic acids is 2. The highest BCUT2D eigenvalue weighted by Crippen LogP contribution is 2.25. The predicted molar refractivity (Wildman–Crippen MR) is 147 cm³/mol. The van der Waals surface area contributed by atoms with Crippen molar-refractivity contribution in [2.45, 2.75) is 25.6 Å². The number of halogens is 1. The van der Waals surface area contributed by atoms with E-state index in [1.165, 1.54) is 18.7 Å². The minimum atomic E-state index is -0.200. The summed E-state index contributed by atoms with van der Waals surface area (Å²) in [5.74, 6) is 1.95. The number of anilines is 1. The van der Waals surface area contributed by atoms with Crippen molar-refractivity contribution in [1.82, 2.24) is 14.8 Å². The van der Waals surface area contributed by atoms with Gasteiger partial charge in [0.25, 0.3) is 0 Å². The van der Waals surface area contributed by atoms with Gasteiger partial charge in [-0.25, -0.2) is 0 Å². The second-order valence-corrected chi connectivity index (χ2v) is 9.73. The lowest BCUT2D eigenvalue weighted by Crippen LogP contribution is -2.15. The van der Waals surface area contributed by atoms with Crippen LogP contribution < -0.4 is 14.8 Å². The quantitative estimate of drug-likeness (QED) is 0.173. The molecule has 0 saturated carbocycles. The number of benzene rings is 3. The van der Waals surface area contributed by atoms with Crippen LogP contribution in [0.2, 0.25) is 0 Å². The van der Waals surface area contributed by atoms with Crippen molar-refractivity contribution in [3.05, 3.63) is 88.7 Å². The summed E-state index contributed by atoms with van der Waals surface area (Å²) in [7, 11) is 0. The van der Waals surface area contributed by atoms with Crippen molar-refractivity contribution in [2.75, 3.05) is 17.7 Å². The third-order valence-electron chi connectivity index (χ3n) is 5.20. The average molecular weight is 581 g/mol. The molecule has 190 valence electrons. The summed E-state index contributed by atoms with van der Waals surface area (Å²) in [4.78, 5) is 24.1. The van der Waals surface area contributed by atoms with Gasteiger partial charge in [-0.15, -0.1) is 10.2 Å². The van der Waals surface area contributed by atoms with Crippen LogP contribution in [0, 0.1) is 0 Å². The lowest BCUT2D eigenvalue weighted by atomic mass is 10.1. The molecule has 0 aliphatic carbocycles. The Morgan fingerprint density at radius 3 is 2.22 bits per heavy atom. The molecule has 4 rings (SSSR count). The van der Waals surface area contributed by atoms with Gasteiger partial charge in [0.05, 0.1) is 12.4 Å². The number of Topliss-reactive ketones (excluding diaryl/α,β-unsaturated/α-hetero) is 1. The number of carbonyl (C=O) groups is 2. The van der Waals surface area contributed by atoms with Crippen molar-refractivity contribution < 1.29 is 19.1 Å². The Labute approximate surface area is 227 Å². The first-order valence-electron chi connectivity index (χ1n) is 11.5. The molecule has 0 fully saturated rings. The Morgan fingerprint density at radius 2 is 1.57 bits per heavy atom. The second-order valence-electron chi connectivity index (χ2n) is 7.87. The molecule has 37 heavy (non-hydrogen) atoms. The molecule has 0 aliphatic rings. The molecule has 0 spiro atoms. The number of nitrogens with one attached hydrogen (secondary N) is 1. The van der Waals surface area contributed by atoms with Gasteiger partial charge < -0.3 is 14.8 Å². The Balaban J connectivity index is 1.49. The molecule has 1 heterocycles. The van der Waals surface area contributed by atoms with Gasteiger partial charge in [0.1, 0.15) is 18.1 Å². The van der Waals surface area contributed by atoms with Gasteiger partial charge in [0, 0.05) is 21.4 Å². The topological polar surface area (TPSA) is 95.3 Å². The van der Waals surface area contributed by atoms with Crippen LogP contribution in [0.3, 0.4) is 0 Å². The van der Waals surface area contributed by atoms with Crippen molar-refractivity contribution in [3.8, 4) is 17.2 Å². The molecule has 10 heteroatoms. The minimum absolute atomic E-state index is 0.0259. The number of ether oxygens (including phenoxy) is 2. The maximum Gasteiger partial charge on any atom is 0.234 e. The number of ketones is 1. The molecule has 0 atom stereocenters. The molecular formula is C27H25BrN4O4S. The highest BCUT2D eigenvalue weighted by atomic mass is 79.9. The van der Waals surface area contributed by atoms with Gasteiger partial charge in [0.2, 0.25) is 5.91 Å². The Morgan fingerprint density at radius 1 is 0.919 bits per heavy atom. The standard InChI is InChI=1S/C27H25BrN4O4S/c1-3-35-23-14-10-22(11-15-23)32-25(16-36-24-12-6-20(28)7-13-24)30-31-27(32)37-17-26(34)29-21-8-4-19(5-9-21)18(2)33/h4-15H,3,16-17H2,1-2H3,(H,29,34). The van der Waals surface area contributed by atoms with E-state index in [0.717, 1.165) is 15.9 Å².